The minimum absolute atomic E-state index is 0.159. The highest BCUT2D eigenvalue weighted by Gasteiger charge is 2.35. The van der Waals surface area contributed by atoms with E-state index in [1.54, 1.807) is 0 Å². The van der Waals surface area contributed by atoms with Crippen molar-refractivity contribution in [2.24, 2.45) is 17.8 Å². The number of hydrogen-bond donors (Lipinski definition) is 3. The molecule has 132 valence electrons. The van der Waals surface area contributed by atoms with Crippen molar-refractivity contribution < 1.29 is 19.9 Å². The van der Waals surface area contributed by atoms with Gasteiger partial charge in [-0.1, -0.05) is 43.2 Å². The molecule has 0 heterocycles. The van der Waals surface area contributed by atoms with Gasteiger partial charge in [-0.05, 0) is 43.6 Å². The number of aliphatic carboxylic acids is 1. The lowest BCUT2D eigenvalue weighted by atomic mass is 9.70. The lowest BCUT2D eigenvalue weighted by Gasteiger charge is -2.36. The largest absolute Gasteiger partial charge is 0.481 e. The molecule has 1 aliphatic rings. The summed E-state index contributed by atoms with van der Waals surface area (Å²) in [5.41, 5.74) is 1.23. The lowest BCUT2D eigenvalue weighted by molar-refractivity contribution is -0.146. The van der Waals surface area contributed by atoms with E-state index in [2.05, 4.69) is 17.0 Å². The molecule has 0 aromatic heterocycles. The molecule has 0 unspecified atom stereocenters. The molecule has 6 heteroatoms. The van der Waals surface area contributed by atoms with E-state index in [0.29, 0.717) is 19.2 Å². The molecule has 0 radical (unpaired) electrons. The van der Waals surface area contributed by atoms with Gasteiger partial charge >= 0.3 is 13.1 Å². The van der Waals surface area contributed by atoms with Gasteiger partial charge in [-0.2, -0.15) is 0 Å². The third-order valence-electron chi connectivity index (χ3n) is 5.09. The molecule has 5 nitrogen and oxygen atoms in total. The number of carbonyl (C=O) groups is 1. The van der Waals surface area contributed by atoms with Crippen LogP contribution in [0.2, 0.25) is 6.32 Å². The van der Waals surface area contributed by atoms with E-state index in [4.69, 9.17) is 10.0 Å². The average Bonchev–Trinajstić information content (AvgIpc) is 2.54. The Hall–Kier alpha value is -1.37. The van der Waals surface area contributed by atoms with E-state index in [1.807, 2.05) is 25.2 Å². The second-order valence-corrected chi connectivity index (χ2v) is 7.12. The van der Waals surface area contributed by atoms with Gasteiger partial charge < -0.3 is 20.1 Å². The maximum Gasteiger partial charge on any atom is 0.451 e. The highest BCUT2D eigenvalue weighted by molar-refractivity contribution is 6.40. The molecule has 0 bridgehead atoms. The molecule has 0 aliphatic heterocycles. The summed E-state index contributed by atoms with van der Waals surface area (Å²) in [5, 5.41) is 27.6. The predicted molar refractivity (Wildman–Crippen MR) is 94.3 cm³/mol. The minimum Gasteiger partial charge on any atom is -0.481 e. The van der Waals surface area contributed by atoms with Crippen molar-refractivity contribution in [1.82, 2.24) is 4.90 Å². The summed E-state index contributed by atoms with van der Waals surface area (Å²) in [5.74, 6) is -0.616. The zero-order chi connectivity index (χ0) is 17.5. The van der Waals surface area contributed by atoms with Crippen LogP contribution in [-0.2, 0) is 11.3 Å². The Morgan fingerprint density at radius 2 is 1.96 bits per heavy atom. The third kappa shape index (κ3) is 5.93. The molecule has 0 spiro atoms. The van der Waals surface area contributed by atoms with Gasteiger partial charge in [0.2, 0.25) is 0 Å². The summed E-state index contributed by atoms with van der Waals surface area (Å²) < 4.78 is 0. The molecule has 1 aliphatic carbocycles. The maximum absolute atomic E-state index is 11.7. The highest BCUT2D eigenvalue weighted by atomic mass is 16.4. The summed E-state index contributed by atoms with van der Waals surface area (Å²) in [7, 11) is 0.753. The Morgan fingerprint density at radius 3 is 2.58 bits per heavy atom. The molecule has 1 aromatic carbocycles. The molecule has 1 saturated carbocycles. The standard InChI is InChI=1S/C18H28BNO4/c1-20(12-15-5-3-2-4-6-15)13-16-8-7-14(9-10-19(23)24)11-17(16)18(21)22/h2-6,14,16-17,23-24H,7-13H2,1H3,(H,21,22)/t14-,16-,17-/m0/s1. The van der Waals surface area contributed by atoms with Crippen LogP contribution in [0.5, 0.6) is 0 Å². The second kappa shape index (κ2) is 9.21. The van der Waals surface area contributed by atoms with Gasteiger partial charge in [0.15, 0.2) is 0 Å². The summed E-state index contributed by atoms with van der Waals surface area (Å²) >= 11 is 0. The fraction of sp³-hybridized carbons (Fsp3) is 0.611. The Bertz CT molecular complexity index is 511. The monoisotopic (exact) mass is 333 g/mol. The molecule has 1 aromatic rings. The molecule has 1 fully saturated rings. The number of carboxylic acids is 1. The molecular weight excluding hydrogens is 305 g/mol. The van der Waals surface area contributed by atoms with Crippen molar-refractivity contribution >= 4 is 13.1 Å². The Morgan fingerprint density at radius 1 is 1.25 bits per heavy atom. The van der Waals surface area contributed by atoms with Crippen molar-refractivity contribution in [3.63, 3.8) is 0 Å². The molecule has 2 rings (SSSR count). The fourth-order valence-corrected chi connectivity index (χ4v) is 3.85. The normalized spacial score (nSPS) is 24.1. The van der Waals surface area contributed by atoms with Crippen LogP contribution in [0.25, 0.3) is 0 Å². The molecule has 24 heavy (non-hydrogen) atoms. The van der Waals surface area contributed by atoms with Crippen molar-refractivity contribution in [2.75, 3.05) is 13.6 Å². The van der Waals surface area contributed by atoms with Crippen molar-refractivity contribution in [2.45, 2.75) is 38.5 Å². The highest BCUT2D eigenvalue weighted by Crippen LogP contribution is 2.37. The van der Waals surface area contributed by atoms with E-state index in [-0.39, 0.29) is 17.8 Å². The SMILES string of the molecule is CN(Cc1ccccc1)C[C@@H]1CC[C@@H](CCB(O)O)C[C@@H]1C(=O)O. The Balaban J connectivity index is 1.88. The van der Waals surface area contributed by atoms with Crippen LogP contribution in [0, 0.1) is 17.8 Å². The first-order valence-electron chi connectivity index (χ1n) is 8.77. The Kier molecular flexibility index (Phi) is 7.27. The van der Waals surface area contributed by atoms with E-state index in [9.17, 15) is 9.90 Å². The number of rotatable bonds is 8. The second-order valence-electron chi connectivity index (χ2n) is 7.12. The van der Waals surface area contributed by atoms with Crippen molar-refractivity contribution in [3.05, 3.63) is 35.9 Å². The number of benzene rings is 1. The summed E-state index contributed by atoms with van der Waals surface area (Å²) in [6.45, 7) is 1.60. The van der Waals surface area contributed by atoms with Crippen molar-refractivity contribution in [3.8, 4) is 0 Å². The quantitative estimate of drug-likeness (QED) is 0.635. The van der Waals surface area contributed by atoms with E-state index >= 15 is 0 Å². The van der Waals surface area contributed by atoms with Crippen molar-refractivity contribution in [1.29, 1.82) is 0 Å². The van der Waals surface area contributed by atoms with Crippen LogP contribution in [0.1, 0.15) is 31.2 Å². The van der Waals surface area contributed by atoms with Gasteiger partial charge in [0.05, 0.1) is 5.92 Å². The van der Waals surface area contributed by atoms with Gasteiger partial charge in [0.1, 0.15) is 0 Å². The molecule has 0 amide bonds. The number of nitrogens with zero attached hydrogens (tertiary/aromatic N) is 1. The summed E-state index contributed by atoms with van der Waals surface area (Å²) in [6, 6.07) is 10.2. The van der Waals surface area contributed by atoms with Crippen LogP contribution < -0.4 is 0 Å². The fourth-order valence-electron chi connectivity index (χ4n) is 3.85. The first kappa shape index (κ1) is 19.0. The van der Waals surface area contributed by atoms with Crippen LogP contribution in [0.15, 0.2) is 30.3 Å². The molecule has 3 atom stereocenters. The average molecular weight is 333 g/mol. The zero-order valence-corrected chi connectivity index (χ0v) is 14.3. The predicted octanol–water partition coefficient (Wildman–Crippen LogP) is 2.10. The van der Waals surface area contributed by atoms with Gasteiger partial charge in [-0.15, -0.1) is 0 Å². The van der Waals surface area contributed by atoms with Gasteiger partial charge in [-0.25, -0.2) is 0 Å². The van der Waals surface area contributed by atoms with E-state index < -0.39 is 13.1 Å². The smallest absolute Gasteiger partial charge is 0.451 e. The first-order valence-corrected chi connectivity index (χ1v) is 8.77. The van der Waals surface area contributed by atoms with E-state index in [1.165, 1.54) is 5.56 Å². The summed E-state index contributed by atoms with van der Waals surface area (Å²) in [6.07, 6.45) is 3.53. The molecule has 3 N–H and O–H groups in total. The Labute approximate surface area is 144 Å². The van der Waals surface area contributed by atoms with Crippen LogP contribution in [0.4, 0.5) is 0 Å². The molecular formula is C18H28BNO4. The van der Waals surface area contributed by atoms with Crippen LogP contribution in [-0.4, -0.2) is 46.7 Å². The minimum atomic E-state index is -1.29. The van der Waals surface area contributed by atoms with E-state index in [0.717, 1.165) is 25.9 Å². The lowest BCUT2D eigenvalue weighted by Crippen LogP contribution is -2.38. The maximum atomic E-state index is 11.7. The van der Waals surface area contributed by atoms with Gasteiger partial charge in [-0.3, -0.25) is 4.79 Å². The first-order chi connectivity index (χ1) is 11.5. The van der Waals surface area contributed by atoms with Crippen LogP contribution in [0.3, 0.4) is 0 Å². The van der Waals surface area contributed by atoms with Gasteiger partial charge in [0, 0.05) is 13.1 Å². The van der Waals surface area contributed by atoms with Crippen LogP contribution >= 0.6 is 0 Å². The zero-order valence-electron chi connectivity index (χ0n) is 14.3. The molecule has 0 saturated heterocycles. The number of hydrogen-bond acceptors (Lipinski definition) is 4. The number of carboxylic acid groups (broad SMARTS) is 1. The third-order valence-corrected chi connectivity index (χ3v) is 5.09. The topological polar surface area (TPSA) is 81.0 Å². The summed E-state index contributed by atoms with van der Waals surface area (Å²) in [4.78, 5) is 13.9. The van der Waals surface area contributed by atoms with Gasteiger partial charge in [0.25, 0.3) is 0 Å².